The van der Waals surface area contributed by atoms with Crippen molar-refractivity contribution in [1.29, 1.82) is 0 Å². The number of carbonyl (C=O) groups excluding carboxylic acids is 1. The molecule has 1 amide bonds. The number of nitrogens with zero attached hydrogens (tertiary/aromatic N) is 2. The summed E-state index contributed by atoms with van der Waals surface area (Å²) in [6.45, 7) is 4.80. The molecule has 1 unspecified atom stereocenters. The lowest BCUT2D eigenvalue weighted by atomic mass is 9.77. The molecule has 1 heterocycles. The second-order valence-corrected chi connectivity index (χ2v) is 11.2. The van der Waals surface area contributed by atoms with Crippen molar-refractivity contribution in [1.82, 2.24) is 9.80 Å². The van der Waals surface area contributed by atoms with Crippen molar-refractivity contribution >= 4 is 17.4 Å². The van der Waals surface area contributed by atoms with E-state index in [0.717, 1.165) is 61.2 Å². The molecule has 0 bridgehead atoms. The highest BCUT2D eigenvalue weighted by atomic mass is 16.4. The van der Waals surface area contributed by atoms with Crippen molar-refractivity contribution < 1.29 is 14.7 Å². The standard InChI is InChI=1S/C32H42N2O3/c1-23(17-31(36)37)27-18-28(20-30(35)34(3)22-24-11-10-16-33(2)21-24)32(26-14-8-5-9-15-26)29(19-27)25-12-6-4-7-13-25/h5,8-9,14-15,17-19,24-25H,4,6-7,10-13,16,20-22H2,1-3H3,(H,36,37)/b23-17+. The summed E-state index contributed by atoms with van der Waals surface area (Å²) in [6.07, 6.45) is 9.89. The Morgan fingerprint density at radius 2 is 1.78 bits per heavy atom. The molecule has 1 atom stereocenters. The molecule has 1 aliphatic heterocycles. The predicted octanol–water partition coefficient (Wildman–Crippen LogP) is 6.23. The average Bonchev–Trinajstić information content (AvgIpc) is 2.89. The van der Waals surface area contributed by atoms with Crippen molar-refractivity contribution in [3.8, 4) is 11.1 Å². The summed E-state index contributed by atoms with van der Waals surface area (Å²) in [5.74, 6) is 0.104. The van der Waals surface area contributed by atoms with Crippen LogP contribution >= 0.6 is 0 Å². The first-order chi connectivity index (χ1) is 17.8. The lowest BCUT2D eigenvalue weighted by Crippen LogP contribution is -2.40. The Balaban J connectivity index is 1.73. The minimum Gasteiger partial charge on any atom is -0.478 e. The number of rotatable bonds is 8. The minimum absolute atomic E-state index is 0.122. The molecule has 0 radical (unpaired) electrons. The Morgan fingerprint density at radius 1 is 1.05 bits per heavy atom. The third-order valence-corrected chi connectivity index (χ3v) is 8.17. The van der Waals surface area contributed by atoms with Gasteiger partial charge in [-0.1, -0.05) is 61.7 Å². The number of amides is 1. The number of likely N-dealkylation sites (N-methyl/N-ethyl adjacent to an activating group) is 1. The second-order valence-electron chi connectivity index (χ2n) is 11.2. The van der Waals surface area contributed by atoms with Crippen molar-refractivity contribution in [2.75, 3.05) is 33.7 Å². The van der Waals surface area contributed by atoms with E-state index in [-0.39, 0.29) is 5.91 Å². The van der Waals surface area contributed by atoms with Crippen LogP contribution in [0.25, 0.3) is 16.7 Å². The van der Waals surface area contributed by atoms with Crippen LogP contribution in [0.1, 0.15) is 74.5 Å². The van der Waals surface area contributed by atoms with Crippen LogP contribution in [0, 0.1) is 5.92 Å². The first-order valence-corrected chi connectivity index (χ1v) is 13.9. The van der Waals surface area contributed by atoms with Gasteiger partial charge in [-0.05, 0) is 91.4 Å². The number of aliphatic carboxylic acids is 1. The number of hydrogen-bond donors (Lipinski definition) is 1. The fourth-order valence-electron chi connectivity index (χ4n) is 6.26. The first-order valence-electron chi connectivity index (χ1n) is 13.9. The zero-order chi connectivity index (χ0) is 26.4. The Morgan fingerprint density at radius 3 is 2.46 bits per heavy atom. The molecular formula is C32H42N2O3. The van der Waals surface area contributed by atoms with E-state index in [2.05, 4.69) is 48.3 Å². The lowest BCUT2D eigenvalue weighted by molar-refractivity contribution is -0.131. The van der Waals surface area contributed by atoms with E-state index in [9.17, 15) is 14.7 Å². The maximum absolute atomic E-state index is 13.6. The van der Waals surface area contributed by atoms with E-state index in [4.69, 9.17) is 0 Å². The zero-order valence-corrected chi connectivity index (χ0v) is 22.7. The fourth-order valence-corrected chi connectivity index (χ4v) is 6.26. The van der Waals surface area contributed by atoms with Crippen LogP contribution in [0.15, 0.2) is 48.5 Å². The van der Waals surface area contributed by atoms with Crippen molar-refractivity contribution in [3.63, 3.8) is 0 Å². The highest BCUT2D eigenvalue weighted by molar-refractivity contribution is 5.91. The molecule has 2 aromatic carbocycles. The van der Waals surface area contributed by atoms with Crippen molar-refractivity contribution in [2.45, 2.75) is 64.2 Å². The lowest BCUT2D eigenvalue weighted by Gasteiger charge is -2.32. The molecule has 5 heteroatoms. The molecule has 0 aromatic heterocycles. The van der Waals surface area contributed by atoms with Gasteiger partial charge in [-0.25, -0.2) is 4.79 Å². The number of carbonyl (C=O) groups is 2. The highest BCUT2D eigenvalue weighted by Crippen LogP contribution is 2.41. The van der Waals surface area contributed by atoms with Gasteiger partial charge in [-0.2, -0.15) is 0 Å². The van der Waals surface area contributed by atoms with Crippen molar-refractivity contribution in [3.05, 3.63) is 65.2 Å². The molecule has 2 aliphatic rings. The monoisotopic (exact) mass is 502 g/mol. The third kappa shape index (κ3) is 7.10. The van der Waals surface area contributed by atoms with Crippen LogP contribution in [-0.2, 0) is 16.0 Å². The summed E-state index contributed by atoms with van der Waals surface area (Å²) in [6, 6.07) is 14.7. The molecule has 5 nitrogen and oxygen atoms in total. The van der Waals surface area contributed by atoms with Gasteiger partial charge in [0.1, 0.15) is 0 Å². The van der Waals surface area contributed by atoms with Gasteiger partial charge in [0, 0.05) is 26.2 Å². The van der Waals surface area contributed by atoms with E-state index in [1.54, 1.807) is 0 Å². The summed E-state index contributed by atoms with van der Waals surface area (Å²) < 4.78 is 0. The predicted molar refractivity (Wildman–Crippen MR) is 151 cm³/mol. The van der Waals surface area contributed by atoms with Gasteiger partial charge in [0.15, 0.2) is 0 Å². The number of allylic oxidation sites excluding steroid dienone is 1. The van der Waals surface area contributed by atoms with Crippen LogP contribution in [0.5, 0.6) is 0 Å². The topological polar surface area (TPSA) is 60.9 Å². The van der Waals surface area contributed by atoms with Gasteiger partial charge in [0.05, 0.1) is 6.42 Å². The summed E-state index contributed by atoms with van der Waals surface area (Å²) >= 11 is 0. The zero-order valence-electron chi connectivity index (χ0n) is 22.7. The SMILES string of the molecule is C/C(=C\C(=O)O)c1cc(CC(=O)N(C)CC2CCCN(C)C2)c(-c2ccccc2)c(C2CCCCC2)c1. The normalized spacial score (nSPS) is 19.5. The van der Waals surface area contributed by atoms with Crippen LogP contribution in [0.3, 0.4) is 0 Å². The van der Waals surface area contributed by atoms with Crippen LogP contribution in [0.2, 0.25) is 0 Å². The van der Waals surface area contributed by atoms with Crippen molar-refractivity contribution in [2.24, 2.45) is 5.92 Å². The molecule has 2 fully saturated rings. The third-order valence-electron chi connectivity index (χ3n) is 8.17. The van der Waals surface area contributed by atoms with Crippen LogP contribution in [0.4, 0.5) is 0 Å². The van der Waals surface area contributed by atoms with E-state index in [0.29, 0.717) is 18.3 Å². The Hall–Kier alpha value is -2.92. The van der Waals surface area contributed by atoms with E-state index < -0.39 is 5.97 Å². The summed E-state index contributed by atoms with van der Waals surface area (Å²) in [7, 11) is 4.09. The van der Waals surface area contributed by atoms with E-state index >= 15 is 0 Å². The van der Waals surface area contributed by atoms with Gasteiger partial charge in [-0.3, -0.25) is 4.79 Å². The maximum Gasteiger partial charge on any atom is 0.328 e. The molecule has 2 aromatic rings. The summed E-state index contributed by atoms with van der Waals surface area (Å²) in [5.41, 5.74) is 6.19. The largest absolute Gasteiger partial charge is 0.478 e. The van der Waals surface area contributed by atoms with Crippen LogP contribution in [-0.4, -0.2) is 60.5 Å². The smallest absolute Gasteiger partial charge is 0.328 e. The number of carboxylic acids is 1. The molecule has 37 heavy (non-hydrogen) atoms. The average molecular weight is 503 g/mol. The van der Waals surface area contributed by atoms with Gasteiger partial charge in [0.25, 0.3) is 0 Å². The maximum atomic E-state index is 13.6. The van der Waals surface area contributed by atoms with Gasteiger partial charge in [-0.15, -0.1) is 0 Å². The molecule has 1 N–H and O–H groups in total. The van der Waals surface area contributed by atoms with Crippen LogP contribution < -0.4 is 0 Å². The van der Waals surface area contributed by atoms with Gasteiger partial charge in [0.2, 0.25) is 5.91 Å². The Bertz CT molecular complexity index is 1120. The minimum atomic E-state index is -0.946. The summed E-state index contributed by atoms with van der Waals surface area (Å²) in [5, 5.41) is 9.42. The molecule has 1 aliphatic carbocycles. The van der Waals surface area contributed by atoms with Gasteiger partial charge >= 0.3 is 5.97 Å². The number of carboxylic acid groups (broad SMARTS) is 1. The quantitative estimate of drug-likeness (QED) is 0.435. The fraction of sp³-hybridized carbons (Fsp3) is 0.500. The Labute approximate surface area is 222 Å². The Kier molecular flexibility index (Phi) is 9.20. The second kappa shape index (κ2) is 12.6. The molecule has 1 saturated carbocycles. The molecule has 1 saturated heterocycles. The van der Waals surface area contributed by atoms with Gasteiger partial charge < -0.3 is 14.9 Å². The number of hydrogen-bond acceptors (Lipinski definition) is 3. The number of piperidine rings is 1. The number of likely N-dealkylation sites (tertiary alicyclic amines) is 1. The molecular weight excluding hydrogens is 460 g/mol. The molecule has 4 rings (SSSR count). The molecule has 198 valence electrons. The molecule has 0 spiro atoms. The van der Waals surface area contributed by atoms with E-state index in [1.807, 2.05) is 24.9 Å². The number of benzene rings is 2. The first kappa shape index (κ1) is 27.1. The summed E-state index contributed by atoms with van der Waals surface area (Å²) in [4.78, 5) is 29.3. The highest BCUT2D eigenvalue weighted by Gasteiger charge is 2.25. The van der Waals surface area contributed by atoms with E-state index in [1.165, 1.54) is 42.9 Å².